The lowest BCUT2D eigenvalue weighted by Gasteiger charge is -2.03. The molecular formula is C18H16ClNO4. The second-order valence-electron chi connectivity index (χ2n) is 5.21. The van der Waals surface area contributed by atoms with Crippen LogP contribution in [0, 0.1) is 0 Å². The van der Waals surface area contributed by atoms with E-state index >= 15 is 0 Å². The van der Waals surface area contributed by atoms with Crippen LogP contribution in [-0.4, -0.2) is 28.6 Å². The van der Waals surface area contributed by atoms with Crippen molar-refractivity contribution >= 4 is 11.6 Å². The van der Waals surface area contributed by atoms with Crippen LogP contribution in [0.3, 0.4) is 0 Å². The molecule has 0 fully saturated rings. The van der Waals surface area contributed by atoms with Crippen molar-refractivity contribution in [3.8, 4) is 28.5 Å². The highest BCUT2D eigenvalue weighted by molar-refractivity contribution is 6.30. The van der Waals surface area contributed by atoms with Gasteiger partial charge in [-0.3, -0.25) is 0 Å². The number of rotatable bonds is 5. The Bertz CT molecular complexity index is 810. The Labute approximate surface area is 144 Å². The predicted octanol–water partition coefficient (Wildman–Crippen LogP) is 3.52. The number of nitrogens with zero attached hydrogens (tertiary/aromatic N) is 1. The van der Waals surface area contributed by atoms with Gasteiger partial charge in [0, 0.05) is 16.1 Å². The van der Waals surface area contributed by atoms with Gasteiger partial charge in [0.05, 0.1) is 13.5 Å². The second kappa shape index (κ2) is 7.05. The van der Waals surface area contributed by atoms with Crippen molar-refractivity contribution in [1.29, 1.82) is 0 Å². The van der Waals surface area contributed by atoms with Gasteiger partial charge in [-0.2, -0.15) is 0 Å². The molecule has 0 radical (unpaired) electrons. The van der Waals surface area contributed by atoms with Crippen LogP contribution in [0.4, 0.5) is 0 Å². The monoisotopic (exact) mass is 345 g/mol. The van der Waals surface area contributed by atoms with Crippen molar-refractivity contribution < 1.29 is 19.4 Å². The molecule has 3 aromatic rings. The molecule has 0 saturated heterocycles. The number of halogens is 1. The minimum Gasteiger partial charge on any atom is -0.497 e. The zero-order chi connectivity index (χ0) is 17.1. The summed E-state index contributed by atoms with van der Waals surface area (Å²) in [4.78, 5) is 4.52. The molecule has 0 spiro atoms. The summed E-state index contributed by atoms with van der Waals surface area (Å²) >= 11 is 5.92. The fourth-order valence-corrected chi connectivity index (χ4v) is 2.47. The van der Waals surface area contributed by atoms with Crippen molar-refractivity contribution in [3.05, 3.63) is 59.3 Å². The molecule has 0 bridgehead atoms. The molecule has 2 N–H and O–H groups in total. The summed E-state index contributed by atoms with van der Waals surface area (Å²) in [5, 5.41) is 19.2. The number of aromatic nitrogens is 1. The molecule has 0 aliphatic heterocycles. The van der Waals surface area contributed by atoms with Crippen molar-refractivity contribution in [2.24, 2.45) is 0 Å². The highest BCUT2D eigenvalue weighted by Crippen LogP contribution is 2.31. The predicted molar refractivity (Wildman–Crippen MR) is 90.9 cm³/mol. The van der Waals surface area contributed by atoms with E-state index in [0.29, 0.717) is 22.4 Å². The average molecular weight is 346 g/mol. The zero-order valence-electron chi connectivity index (χ0n) is 12.9. The van der Waals surface area contributed by atoms with E-state index in [1.807, 2.05) is 36.4 Å². The molecular weight excluding hydrogens is 330 g/mol. The van der Waals surface area contributed by atoms with Gasteiger partial charge in [-0.05, 0) is 36.4 Å². The van der Waals surface area contributed by atoms with Crippen LogP contribution >= 0.6 is 11.6 Å². The third-order valence-electron chi connectivity index (χ3n) is 3.52. The van der Waals surface area contributed by atoms with Crippen LogP contribution in [-0.2, 0) is 6.42 Å². The number of aliphatic hydroxyl groups is 2. The van der Waals surface area contributed by atoms with E-state index in [-0.39, 0.29) is 6.42 Å². The van der Waals surface area contributed by atoms with Crippen LogP contribution < -0.4 is 4.74 Å². The maximum atomic E-state index is 9.30. The van der Waals surface area contributed by atoms with Gasteiger partial charge >= 0.3 is 0 Å². The maximum absolute atomic E-state index is 9.30. The first kappa shape index (κ1) is 16.5. The first-order valence-electron chi connectivity index (χ1n) is 7.33. The Balaban J connectivity index is 2.03. The number of aliphatic hydroxyl groups excluding tert-OH is 1. The molecule has 0 saturated carbocycles. The fourth-order valence-electron chi connectivity index (χ4n) is 2.35. The number of hydrogen-bond donors (Lipinski definition) is 2. The molecule has 5 nitrogen and oxygen atoms in total. The average Bonchev–Trinajstić information content (AvgIpc) is 2.98. The summed E-state index contributed by atoms with van der Waals surface area (Å²) in [6.45, 7) is 0. The van der Waals surface area contributed by atoms with E-state index in [1.54, 1.807) is 19.2 Å². The zero-order valence-corrected chi connectivity index (χ0v) is 13.7. The van der Waals surface area contributed by atoms with Crippen molar-refractivity contribution in [1.82, 2.24) is 4.98 Å². The van der Waals surface area contributed by atoms with Gasteiger partial charge in [0.25, 0.3) is 0 Å². The highest BCUT2D eigenvalue weighted by Gasteiger charge is 2.18. The Kier molecular flexibility index (Phi) is 4.85. The van der Waals surface area contributed by atoms with Crippen LogP contribution in [0.25, 0.3) is 22.7 Å². The van der Waals surface area contributed by atoms with Gasteiger partial charge in [-0.15, -0.1) is 0 Å². The summed E-state index contributed by atoms with van der Waals surface area (Å²) in [6.07, 6.45) is -1.58. The van der Waals surface area contributed by atoms with E-state index in [9.17, 15) is 10.2 Å². The van der Waals surface area contributed by atoms with E-state index in [0.717, 1.165) is 16.9 Å². The minimum absolute atomic E-state index is 0.0544. The highest BCUT2D eigenvalue weighted by atomic mass is 35.5. The molecule has 3 rings (SSSR count). The first-order valence-corrected chi connectivity index (χ1v) is 7.71. The van der Waals surface area contributed by atoms with E-state index in [2.05, 4.69) is 4.98 Å². The normalized spacial score (nSPS) is 11.0. The van der Waals surface area contributed by atoms with Gasteiger partial charge in [0.2, 0.25) is 5.89 Å². The first-order chi connectivity index (χ1) is 11.6. The standard InChI is InChI=1S/C18H16ClNO4/c1-23-14-8-4-12(5-9-14)18-20-17(15(24-18)10-16(21)22)11-2-6-13(19)7-3-11/h2-9,16,21-22H,10H2,1H3. The molecule has 2 aromatic carbocycles. The quantitative estimate of drug-likeness (QED) is 0.692. The molecule has 0 aliphatic carbocycles. The number of oxazole rings is 1. The fraction of sp³-hybridized carbons (Fsp3) is 0.167. The Hall–Kier alpha value is -2.34. The number of hydrogen-bond acceptors (Lipinski definition) is 5. The lowest BCUT2D eigenvalue weighted by Crippen LogP contribution is -2.08. The third kappa shape index (κ3) is 3.59. The van der Waals surface area contributed by atoms with Gasteiger partial charge in [-0.25, -0.2) is 4.98 Å². The second-order valence-corrected chi connectivity index (χ2v) is 5.65. The Morgan fingerprint density at radius 3 is 2.25 bits per heavy atom. The van der Waals surface area contributed by atoms with Gasteiger partial charge < -0.3 is 19.4 Å². The summed E-state index contributed by atoms with van der Waals surface area (Å²) in [5.41, 5.74) is 2.12. The van der Waals surface area contributed by atoms with Crippen molar-refractivity contribution in [3.63, 3.8) is 0 Å². The largest absolute Gasteiger partial charge is 0.497 e. The molecule has 24 heavy (non-hydrogen) atoms. The molecule has 0 unspecified atom stereocenters. The van der Waals surface area contributed by atoms with Crippen molar-refractivity contribution in [2.45, 2.75) is 12.7 Å². The summed E-state index contributed by atoms with van der Waals surface area (Å²) in [5.74, 6) is 1.53. The van der Waals surface area contributed by atoms with Gasteiger partial charge in [0.15, 0.2) is 6.29 Å². The smallest absolute Gasteiger partial charge is 0.226 e. The van der Waals surface area contributed by atoms with E-state index in [4.69, 9.17) is 20.8 Å². The lowest BCUT2D eigenvalue weighted by atomic mass is 10.1. The molecule has 0 amide bonds. The molecule has 0 atom stereocenters. The maximum Gasteiger partial charge on any atom is 0.226 e. The van der Waals surface area contributed by atoms with Gasteiger partial charge in [-0.1, -0.05) is 23.7 Å². The van der Waals surface area contributed by atoms with Crippen LogP contribution in [0.1, 0.15) is 5.76 Å². The number of methoxy groups -OCH3 is 1. The minimum atomic E-state index is -1.52. The van der Waals surface area contributed by atoms with E-state index < -0.39 is 6.29 Å². The topological polar surface area (TPSA) is 75.7 Å². The van der Waals surface area contributed by atoms with Gasteiger partial charge in [0.1, 0.15) is 17.2 Å². The number of ether oxygens (including phenoxy) is 1. The molecule has 1 heterocycles. The third-order valence-corrected chi connectivity index (χ3v) is 3.77. The Morgan fingerprint density at radius 1 is 1.04 bits per heavy atom. The number of benzene rings is 2. The molecule has 1 aromatic heterocycles. The summed E-state index contributed by atoms with van der Waals surface area (Å²) in [7, 11) is 1.60. The lowest BCUT2D eigenvalue weighted by molar-refractivity contribution is -0.0411. The van der Waals surface area contributed by atoms with Crippen molar-refractivity contribution in [2.75, 3.05) is 7.11 Å². The molecule has 124 valence electrons. The summed E-state index contributed by atoms with van der Waals surface area (Å²) < 4.78 is 10.9. The van der Waals surface area contributed by atoms with Crippen LogP contribution in [0.2, 0.25) is 5.02 Å². The molecule has 6 heteroatoms. The summed E-state index contributed by atoms with van der Waals surface area (Å²) in [6, 6.07) is 14.4. The van der Waals surface area contributed by atoms with Crippen LogP contribution in [0.15, 0.2) is 52.9 Å². The Morgan fingerprint density at radius 2 is 1.67 bits per heavy atom. The SMILES string of the molecule is COc1ccc(-c2nc(-c3ccc(Cl)cc3)c(CC(O)O)o2)cc1. The van der Waals surface area contributed by atoms with Crippen LogP contribution in [0.5, 0.6) is 5.75 Å². The van der Waals surface area contributed by atoms with E-state index in [1.165, 1.54) is 0 Å². The molecule has 0 aliphatic rings.